The molecule has 0 atom stereocenters. The number of carbonyl (C=O) groups is 1. The average Bonchev–Trinajstić information content (AvgIpc) is 3.15. The number of hydrogen-bond acceptors (Lipinski definition) is 5. The summed E-state index contributed by atoms with van der Waals surface area (Å²) in [5.41, 5.74) is 8.54. The maximum atomic E-state index is 13.9. The molecule has 0 radical (unpaired) electrons. The maximum Gasteiger partial charge on any atom is 0.251 e. The Morgan fingerprint density at radius 3 is 2.53 bits per heavy atom. The number of aromatic nitrogens is 4. The second-order valence-corrected chi connectivity index (χ2v) is 8.76. The third-order valence-corrected chi connectivity index (χ3v) is 5.39. The Labute approximate surface area is 189 Å². The SMILES string of the molecule is CC(C)(C)n1nc(-c2ccc(C(=O)NCc3c(F)cccc3Cl)cc2)c2c(N)ncnc21. The summed E-state index contributed by atoms with van der Waals surface area (Å²) in [5.74, 6) is -0.470. The predicted molar refractivity (Wildman–Crippen MR) is 123 cm³/mol. The molecule has 4 rings (SSSR count). The minimum Gasteiger partial charge on any atom is -0.383 e. The van der Waals surface area contributed by atoms with Crippen molar-refractivity contribution in [1.82, 2.24) is 25.1 Å². The van der Waals surface area contributed by atoms with Gasteiger partial charge in [-0.2, -0.15) is 5.10 Å². The fraction of sp³-hybridized carbons (Fsp3) is 0.217. The van der Waals surface area contributed by atoms with Crippen LogP contribution in [0.15, 0.2) is 48.8 Å². The fourth-order valence-corrected chi connectivity index (χ4v) is 3.63. The lowest BCUT2D eigenvalue weighted by molar-refractivity contribution is 0.0950. The molecule has 0 fully saturated rings. The van der Waals surface area contributed by atoms with Crippen LogP contribution < -0.4 is 11.1 Å². The fourth-order valence-electron chi connectivity index (χ4n) is 3.40. The second-order valence-electron chi connectivity index (χ2n) is 8.35. The van der Waals surface area contributed by atoms with Crippen molar-refractivity contribution >= 4 is 34.4 Å². The van der Waals surface area contributed by atoms with Gasteiger partial charge in [0.05, 0.1) is 10.9 Å². The van der Waals surface area contributed by atoms with E-state index >= 15 is 0 Å². The standard InChI is InChI=1S/C23H22ClFN6O/c1-23(2,3)31-21-18(20(26)28-12-29-21)19(30-31)13-7-9-14(10-8-13)22(32)27-11-15-16(24)5-4-6-17(15)25/h4-10,12H,11H2,1-3H3,(H,27,32)(H2,26,28,29). The van der Waals surface area contributed by atoms with E-state index in [1.807, 2.05) is 25.5 Å². The number of halogens is 2. The van der Waals surface area contributed by atoms with Crippen molar-refractivity contribution in [3.05, 3.63) is 70.8 Å². The van der Waals surface area contributed by atoms with Gasteiger partial charge in [-0.3, -0.25) is 4.79 Å². The van der Waals surface area contributed by atoms with Crippen LogP contribution in [0.1, 0.15) is 36.7 Å². The van der Waals surface area contributed by atoms with Gasteiger partial charge >= 0.3 is 0 Å². The Kier molecular flexibility index (Phi) is 5.56. The first-order valence-corrected chi connectivity index (χ1v) is 10.4. The smallest absolute Gasteiger partial charge is 0.251 e. The molecule has 0 unspecified atom stereocenters. The zero-order chi connectivity index (χ0) is 23.0. The minimum atomic E-state index is -0.464. The molecule has 2 heterocycles. The van der Waals surface area contributed by atoms with Crippen molar-refractivity contribution in [3.8, 4) is 11.3 Å². The molecule has 1 amide bonds. The van der Waals surface area contributed by atoms with E-state index in [1.165, 1.54) is 18.5 Å². The first-order valence-electron chi connectivity index (χ1n) is 9.98. The van der Waals surface area contributed by atoms with Crippen LogP contribution in [0.5, 0.6) is 0 Å². The number of nitrogens with one attached hydrogen (secondary N) is 1. The zero-order valence-electron chi connectivity index (χ0n) is 17.9. The summed E-state index contributed by atoms with van der Waals surface area (Å²) < 4.78 is 15.7. The van der Waals surface area contributed by atoms with E-state index in [1.54, 1.807) is 30.3 Å². The van der Waals surface area contributed by atoms with Crippen LogP contribution in [0.2, 0.25) is 5.02 Å². The van der Waals surface area contributed by atoms with Crippen LogP contribution >= 0.6 is 11.6 Å². The molecule has 9 heteroatoms. The van der Waals surface area contributed by atoms with Gasteiger partial charge in [0.15, 0.2) is 5.65 Å². The Morgan fingerprint density at radius 2 is 1.88 bits per heavy atom. The number of amides is 1. The number of fused-ring (bicyclic) bond motifs is 1. The first-order chi connectivity index (χ1) is 15.2. The molecule has 0 aliphatic heterocycles. The lowest BCUT2D eigenvalue weighted by atomic mass is 10.1. The molecule has 0 bridgehead atoms. The van der Waals surface area contributed by atoms with Crippen molar-refractivity contribution in [3.63, 3.8) is 0 Å². The average molecular weight is 453 g/mol. The molecule has 0 aliphatic carbocycles. The molecule has 32 heavy (non-hydrogen) atoms. The molecule has 0 saturated carbocycles. The zero-order valence-corrected chi connectivity index (χ0v) is 18.6. The molecule has 7 nitrogen and oxygen atoms in total. The number of carbonyl (C=O) groups excluding carboxylic acids is 1. The topological polar surface area (TPSA) is 98.7 Å². The monoisotopic (exact) mass is 452 g/mol. The van der Waals surface area contributed by atoms with Crippen molar-refractivity contribution in [2.45, 2.75) is 32.9 Å². The minimum absolute atomic E-state index is 0.0133. The van der Waals surface area contributed by atoms with Crippen molar-refractivity contribution in [1.29, 1.82) is 0 Å². The van der Waals surface area contributed by atoms with Crippen LogP contribution in [-0.4, -0.2) is 25.7 Å². The van der Waals surface area contributed by atoms with Crippen LogP contribution in [0.25, 0.3) is 22.3 Å². The highest BCUT2D eigenvalue weighted by Gasteiger charge is 2.24. The van der Waals surface area contributed by atoms with E-state index in [0.29, 0.717) is 28.1 Å². The van der Waals surface area contributed by atoms with E-state index in [2.05, 4.69) is 15.3 Å². The summed E-state index contributed by atoms with van der Waals surface area (Å²) in [6, 6.07) is 11.3. The normalized spacial score (nSPS) is 11.7. The largest absolute Gasteiger partial charge is 0.383 e. The Morgan fingerprint density at radius 1 is 1.16 bits per heavy atom. The molecule has 2 aromatic heterocycles. The lowest BCUT2D eigenvalue weighted by Crippen LogP contribution is -2.23. The molecular formula is C23H22ClFN6O. The van der Waals surface area contributed by atoms with Gasteiger partial charge < -0.3 is 11.1 Å². The van der Waals surface area contributed by atoms with Gasteiger partial charge in [-0.1, -0.05) is 29.8 Å². The number of hydrogen-bond donors (Lipinski definition) is 2. The number of nitrogens with two attached hydrogens (primary N) is 1. The number of benzene rings is 2. The molecule has 2 aromatic carbocycles. The van der Waals surface area contributed by atoms with Crippen LogP contribution in [0, 0.1) is 5.82 Å². The highest BCUT2D eigenvalue weighted by Crippen LogP contribution is 2.33. The highest BCUT2D eigenvalue weighted by atomic mass is 35.5. The summed E-state index contributed by atoms with van der Waals surface area (Å²) >= 11 is 6.02. The van der Waals surface area contributed by atoms with E-state index in [9.17, 15) is 9.18 Å². The number of nitrogens with zero attached hydrogens (tertiary/aromatic N) is 4. The van der Waals surface area contributed by atoms with Crippen molar-refractivity contribution < 1.29 is 9.18 Å². The van der Waals surface area contributed by atoms with Gasteiger partial charge in [0.2, 0.25) is 0 Å². The van der Waals surface area contributed by atoms with Crippen LogP contribution in [0.3, 0.4) is 0 Å². The molecule has 0 saturated heterocycles. The van der Waals surface area contributed by atoms with Gasteiger partial charge in [-0.15, -0.1) is 0 Å². The van der Waals surface area contributed by atoms with Crippen molar-refractivity contribution in [2.24, 2.45) is 0 Å². The molecule has 0 aliphatic rings. The first kappa shape index (κ1) is 21.7. The second kappa shape index (κ2) is 8.20. The van der Waals surface area contributed by atoms with Gasteiger partial charge in [0.25, 0.3) is 5.91 Å². The Balaban J connectivity index is 1.62. The van der Waals surface area contributed by atoms with Crippen LogP contribution in [0.4, 0.5) is 10.2 Å². The third kappa shape index (κ3) is 4.01. The van der Waals surface area contributed by atoms with Gasteiger partial charge in [-0.25, -0.2) is 19.0 Å². The van der Waals surface area contributed by atoms with E-state index in [-0.39, 0.29) is 28.6 Å². The van der Waals surface area contributed by atoms with E-state index in [4.69, 9.17) is 22.4 Å². The summed E-state index contributed by atoms with van der Waals surface area (Å²) in [6.45, 7) is 6.06. The quantitative estimate of drug-likeness (QED) is 0.473. The summed E-state index contributed by atoms with van der Waals surface area (Å²) in [6.07, 6.45) is 1.42. The Bertz CT molecular complexity index is 1290. The number of anilines is 1. The highest BCUT2D eigenvalue weighted by molar-refractivity contribution is 6.31. The summed E-state index contributed by atoms with van der Waals surface area (Å²) in [5, 5.41) is 8.36. The molecule has 164 valence electrons. The summed E-state index contributed by atoms with van der Waals surface area (Å²) in [4.78, 5) is 21.0. The van der Waals surface area contributed by atoms with Gasteiger partial charge in [0, 0.05) is 28.3 Å². The molecule has 3 N–H and O–H groups in total. The molecule has 4 aromatic rings. The summed E-state index contributed by atoms with van der Waals surface area (Å²) in [7, 11) is 0. The lowest BCUT2D eigenvalue weighted by Gasteiger charge is -2.19. The predicted octanol–water partition coefficient (Wildman–Crippen LogP) is 4.55. The van der Waals surface area contributed by atoms with Crippen molar-refractivity contribution in [2.75, 3.05) is 5.73 Å². The number of rotatable bonds is 4. The molecular weight excluding hydrogens is 431 g/mol. The van der Waals surface area contributed by atoms with E-state index in [0.717, 1.165) is 5.56 Å². The third-order valence-electron chi connectivity index (χ3n) is 5.04. The number of nitrogen functional groups attached to an aromatic ring is 1. The van der Waals surface area contributed by atoms with E-state index < -0.39 is 5.82 Å². The maximum absolute atomic E-state index is 13.9. The van der Waals surface area contributed by atoms with Gasteiger partial charge in [-0.05, 0) is 45.0 Å². The Hall–Kier alpha value is -3.52. The van der Waals surface area contributed by atoms with Crippen LogP contribution in [-0.2, 0) is 12.1 Å². The molecule has 0 spiro atoms. The van der Waals surface area contributed by atoms with Gasteiger partial charge in [0.1, 0.15) is 23.7 Å².